The molecule has 1 atom stereocenters. The molecule has 13 heteroatoms. The summed E-state index contributed by atoms with van der Waals surface area (Å²) < 4.78 is 19.6. The number of hydroxylamine groups is 2. The first kappa shape index (κ1) is 43.3. The van der Waals surface area contributed by atoms with Crippen molar-refractivity contribution in [2.75, 3.05) is 39.2 Å². The van der Waals surface area contributed by atoms with Gasteiger partial charge in [-0.05, 0) is 39.8 Å². The van der Waals surface area contributed by atoms with Crippen molar-refractivity contribution in [1.29, 1.82) is 0 Å². The predicted molar refractivity (Wildman–Crippen MR) is 244 cm³/mol. The third-order valence-electron chi connectivity index (χ3n) is 11.4. The fraction of sp³-hybridized carbons (Fsp3) is 0.180. The molecule has 0 bridgehead atoms. The number of hydrogen-bond acceptors (Lipinski definition) is 9. The molecule has 3 N–H and O–H groups in total. The zero-order valence-corrected chi connectivity index (χ0v) is 35.9. The van der Waals surface area contributed by atoms with Crippen LogP contribution in [0.5, 0.6) is 0 Å². The van der Waals surface area contributed by atoms with Crippen LogP contribution in [0.1, 0.15) is 51.7 Å². The van der Waals surface area contributed by atoms with Crippen LogP contribution in [-0.4, -0.2) is 68.1 Å². The number of aromatic nitrogens is 4. The first-order valence-corrected chi connectivity index (χ1v) is 22.4. The summed E-state index contributed by atoms with van der Waals surface area (Å²) in [4.78, 5) is 47.3. The van der Waals surface area contributed by atoms with Gasteiger partial charge in [-0.2, -0.15) is 5.06 Å². The largest absolute Gasteiger partial charge is 0.369 e. The van der Waals surface area contributed by atoms with Gasteiger partial charge in [0.1, 0.15) is 17.3 Å². The lowest BCUT2D eigenvalue weighted by molar-refractivity contribution is -0.188. The number of ether oxygens (including phenoxy) is 1. The van der Waals surface area contributed by atoms with Crippen molar-refractivity contribution in [3.63, 3.8) is 0 Å². The Morgan fingerprint density at radius 1 is 0.651 bits per heavy atom. The van der Waals surface area contributed by atoms with Crippen molar-refractivity contribution >= 4 is 24.6 Å². The van der Waals surface area contributed by atoms with E-state index in [9.17, 15) is 14.4 Å². The summed E-state index contributed by atoms with van der Waals surface area (Å²) in [7, 11) is -1.27. The molecule has 0 spiro atoms. The van der Waals surface area contributed by atoms with E-state index in [-0.39, 0.29) is 19.6 Å². The van der Waals surface area contributed by atoms with E-state index < -0.39 is 30.9 Å². The molecule has 2 heterocycles. The van der Waals surface area contributed by atoms with Gasteiger partial charge >= 0.3 is 7.60 Å². The zero-order valence-electron chi connectivity index (χ0n) is 35.0. The number of anilines is 1. The molecule has 0 saturated carbocycles. The van der Waals surface area contributed by atoms with Gasteiger partial charge in [0.2, 0.25) is 0 Å². The summed E-state index contributed by atoms with van der Waals surface area (Å²) in [6.45, 7) is 0.235. The van der Waals surface area contributed by atoms with Crippen LogP contribution in [0.3, 0.4) is 0 Å². The second-order valence-corrected chi connectivity index (χ2v) is 16.7. The molecule has 2 aromatic heterocycles. The number of fused-ring (bicyclic) bond motifs is 1. The Morgan fingerprint density at radius 3 is 1.48 bits per heavy atom. The van der Waals surface area contributed by atoms with Gasteiger partial charge < -0.3 is 23.9 Å². The van der Waals surface area contributed by atoms with Crippen molar-refractivity contribution in [2.24, 2.45) is 0 Å². The fourth-order valence-electron chi connectivity index (χ4n) is 8.70. The first-order chi connectivity index (χ1) is 30.8. The standard InChI is InChI=1S/C50H49N6O6P/c1-60-54-46-45-47(53-48(52-46)49(38-21-9-3-10-22-38,39-23-11-4-12-24-39)40-25-13-5-14-26-40)55(36-51-45)44(33-34-62-37-63(57,58)59)35-56(61-2)50(41-27-15-6-16-28-41,42-29-17-7-18-30-42)43-31-19-8-20-32-43/h3-32,36,44H,33-35,37H2,1-2H3,(H,52,53,54)(H2,57,58,59). The quantitative estimate of drug-likeness (QED) is 0.0310. The summed E-state index contributed by atoms with van der Waals surface area (Å²) >= 11 is 0. The smallest absolute Gasteiger partial charge is 0.350 e. The minimum atomic E-state index is -4.45. The molecular formula is C50H49N6O6P. The summed E-state index contributed by atoms with van der Waals surface area (Å²) in [5.41, 5.74) is 7.69. The van der Waals surface area contributed by atoms with Gasteiger partial charge in [0.25, 0.3) is 0 Å². The monoisotopic (exact) mass is 860 g/mol. The number of nitrogens with zero attached hydrogens (tertiary/aromatic N) is 5. The van der Waals surface area contributed by atoms with Crippen LogP contribution >= 0.6 is 7.60 Å². The average molecular weight is 861 g/mol. The number of nitrogens with one attached hydrogen (secondary N) is 1. The number of rotatable bonds is 19. The van der Waals surface area contributed by atoms with Crippen molar-refractivity contribution in [3.05, 3.63) is 228 Å². The lowest BCUT2D eigenvalue weighted by Crippen LogP contribution is -2.49. The van der Waals surface area contributed by atoms with Crippen LogP contribution in [0.4, 0.5) is 5.82 Å². The normalized spacial score (nSPS) is 12.7. The van der Waals surface area contributed by atoms with Gasteiger partial charge in [-0.1, -0.05) is 182 Å². The lowest BCUT2D eigenvalue weighted by Gasteiger charge is -2.45. The van der Waals surface area contributed by atoms with Crippen molar-refractivity contribution in [2.45, 2.75) is 23.4 Å². The molecule has 8 aromatic rings. The lowest BCUT2D eigenvalue weighted by atomic mass is 9.68. The minimum Gasteiger partial charge on any atom is -0.369 e. The molecule has 0 fully saturated rings. The van der Waals surface area contributed by atoms with Crippen molar-refractivity contribution in [3.8, 4) is 0 Å². The van der Waals surface area contributed by atoms with E-state index in [2.05, 4.69) is 78.3 Å². The predicted octanol–water partition coefficient (Wildman–Crippen LogP) is 9.12. The highest BCUT2D eigenvalue weighted by Gasteiger charge is 2.45. The maximum atomic E-state index is 12.0. The van der Waals surface area contributed by atoms with Crippen LogP contribution in [0.15, 0.2) is 188 Å². The third-order valence-corrected chi connectivity index (χ3v) is 11.9. The van der Waals surface area contributed by atoms with E-state index in [4.69, 9.17) is 29.4 Å². The van der Waals surface area contributed by atoms with Crippen LogP contribution < -0.4 is 5.48 Å². The Hall–Kier alpha value is -6.34. The molecule has 63 heavy (non-hydrogen) atoms. The van der Waals surface area contributed by atoms with Gasteiger partial charge in [0.05, 0.1) is 26.6 Å². The maximum absolute atomic E-state index is 12.0. The molecular weight excluding hydrogens is 812 g/mol. The molecule has 0 radical (unpaired) electrons. The van der Waals surface area contributed by atoms with Crippen LogP contribution in [-0.2, 0) is 29.9 Å². The van der Waals surface area contributed by atoms with E-state index in [1.54, 1.807) is 13.4 Å². The topological polar surface area (TPSA) is 144 Å². The van der Waals surface area contributed by atoms with Crippen LogP contribution in [0.2, 0.25) is 0 Å². The van der Waals surface area contributed by atoms with Gasteiger partial charge in [0, 0.05) is 13.2 Å². The molecule has 0 aliphatic heterocycles. The maximum Gasteiger partial charge on any atom is 0.350 e. The number of imidazole rings is 1. The molecule has 0 aliphatic carbocycles. The molecule has 8 rings (SSSR count). The number of hydrogen-bond donors (Lipinski definition) is 3. The van der Waals surface area contributed by atoms with Gasteiger partial charge in [-0.3, -0.25) is 9.40 Å². The molecule has 12 nitrogen and oxygen atoms in total. The van der Waals surface area contributed by atoms with E-state index in [1.807, 2.05) is 119 Å². The second-order valence-electron chi connectivity index (χ2n) is 15.1. The number of benzene rings is 6. The molecule has 0 amide bonds. The Morgan fingerprint density at radius 2 is 1.08 bits per heavy atom. The fourth-order valence-corrected chi connectivity index (χ4v) is 9.07. The molecule has 6 aromatic carbocycles. The Balaban J connectivity index is 1.37. The van der Waals surface area contributed by atoms with Crippen LogP contribution in [0, 0.1) is 0 Å². The molecule has 320 valence electrons. The summed E-state index contributed by atoms with van der Waals surface area (Å²) in [6.07, 6.45) is 1.28. The first-order valence-electron chi connectivity index (χ1n) is 20.6. The van der Waals surface area contributed by atoms with E-state index >= 15 is 0 Å². The van der Waals surface area contributed by atoms with E-state index in [0.29, 0.717) is 22.8 Å². The Labute approximate surface area is 366 Å². The van der Waals surface area contributed by atoms with E-state index in [0.717, 1.165) is 33.4 Å². The average Bonchev–Trinajstić information content (AvgIpc) is 3.76. The molecule has 0 saturated heterocycles. The van der Waals surface area contributed by atoms with Gasteiger partial charge in [-0.25, -0.2) is 20.4 Å². The summed E-state index contributed by atoms with van der Waals surface area (Å²) in [5.74, 6) is 0.822. The van der Waals surface area contributed by atoms with Crippen molar-refractivity contribution in [1.82, 2.24) is 24.6 Å². The summed E-state index contributed by atoms with van der Waals surface area (Å²) in [6, 6.07) is 60.7. The van der Waals surface area contributed by atoms with Crippen LogP contribution in [0.25, 0.3) is 11.2 Å². The summed E-state index contributed by atoms with van der Waals surface area (Å²) in [5, 5.41) is 1.96. The third kappa shape index (κ3) is 8.71. The highest BCUT2D eigenvalue weighted by molar-refractivity contribution is 7.51. The molecule has 1 unspecified atom stereocenters. The van der Waals surface area contributed by atoms with Gasteiger partial charge in [-0.15, -0.1) is 0 Å². The Kier molecular flexibility index (Phi) is 13.3. The highest BCUT2D eigenvalue weighted by Crippen LogP contribution is 2.46. The second kappa shape index (κ2) is 19.4. The molecule has 0 aliphatic rings. The van der Waals surface area contributed by atoms with E-state index in [1.165, 1.54) is 7.11 Å². The minimum absolute atomic E-state index is 0.00508. The Bertz CT molecular complexity index is 2530. The van der Waals surface area contributed by atoms with Gasteiger partial charge in [0.15, 0.2) is 22.8 Å². The zero-order chi connectivity index (χ0) is 43.7. The SMILES string of the molecule is CONc1nc(C(c2ccccc2)(c2ccccc2)c2ccccc2)nc2c1ncn2C(CCOCP(=O)(O)O)CN(OC)C(c1ccccc1)(c1ccccc1)c1ccccc1. The van der Waals surface area contributed by atoms with Crippen molar-refractivity contribution < 1.29 is 28.8 Å². The highest BCUT2D eigenvalue weighted by atomic mass is 31.2.